The number of hydrogen-bond donors (Lipinski definition) is 1. The Morgan fingerprint density at radius 1 is 1.16 bits per heavy atom. The standard InChI is InChI=1S/C21H26F3N3O3Si/c1-31(2,3)9-8-29-18(28)26-19-12-20(13-19,14-19)27-11-16(10-25-27)15-4-6-17(7-5-15)30-21(22,23)24/h4-7,10-11H,8-9,12-14H2,1-3H3,(H,26,28). The summed E-state index contributed by atoms with van der Waals surface area (Å²) in [6, 6.07) is 6.66. The quantitative estimate of drug-likeness (QED) is 0.589. The molecule has 3 aliphatic carbocycles. The van der Waals surface area contributed by atoms with Crippen LogP contribution < -0.4 is 10.1 Å². The maximum Gasteiger partial charge on any atom is 0.573 e. The molecule has 3 fully saturated rings. The Morgan fingerprint density at radius 3 is 2.39 bits per heavy atom. The van der Waals surface area contributed by atoms with E-state index in [1.807, 2.05) is 10.9 Å². The molecule has 5 rings (SSSR count). The summed E-state index contributed by atoms with van der Waals surface area (Å²) >= 11 is 0. The highest BCUT2D eigenvalue weighted by Crippen LogP contribution is 2.65. The van der Waals surface area contributed by atoms with E-state index in [1.165, 1.54) is 12.1 Å². The summed E-state index contributed by atoms with van der Waals surface area (Å²) in [5.41, 5.74) is 1.25. The second-order valence-corrected chi connectivity index (χ2v) is 15.5. The van der Waals surface area contributed by atoms with Crippen molar-refractivity contribution in [2.24, 2.45) is 0 Å². The molecule has 0 saturated heterocycles. The van der Waals surface area contributed by atoms with Gasteiger partial charge in [-0.25, -0.2) is 4.79 Å². The van der Waals surface area contributed by atoms with Crippen LogP contribution in [0.5, 0.6) is 5.75 Å². The van der Waals surface area contributed by atoms with Crippen LogP contribution in [0, 0.1) is 0 Å². The number of carbonyl (C=O) groups excluding carboxylic acids is 1. The number of ether oxygens (including phenoxy) is 2. The number of halogens is 3. The van der Waals surface area contributed by atoms with E-state index in [2.05, 4.69) is 34.8 Å². The lowest BCUT2D eigenvalue weighted by atomic mass is 9.44. The van der Waals surface area contributed by atoms with Crippen LogP contribution in [-0.4, -0.2) is 42.5 Å². The predicted molar refractivity (Wildman–Crippen MR) is 112 cm³/mol. The summed E-state index contributed by atoms with van der Waals surface area (Å²) in [4.78, 5) is 12.1. The fourth-order valence-corrected chi connectivity index (χ4v) is 5.11. The molecule has 0 atom stereocenters. The summed E-state index contributed by atoms with van der Waals surface area (Å²) < 4.78 is 48.0. The minimum atomic E-state index is -4.71. The first kappa shape index (κ1) is 21.7. The minimum absolute atomic E-state index is 0.108. The molecule has 3 saturated carbocycles. The van der Waals surface area contributed by atoms with Crippen LogP contribution in [0.4, 0.5) is 18.0 Å². The van der Waals surface area contributed by atoms with Gasteiger partial charge in [0.05, 0.1) is 23.9 Å². The van der Waals surface area contributed by atoms with Crippen molar-refractivity contribution in [2.75, 3.05) is 6.61 Å². The van der Waals surface area contributed by atoms with Crippen molar-refractivity contribution in [2.45, 2.75) is 62.4 Å². The maximum atomic E-state index is 12.3. The lowest BCUT2D eigenvalue weighted by molar-refractivity contribution is -0.274. The van der Waals surface area contributed by atoms with Crippen molar-refractivity contribution in [3.63, 3.8) is 0 Å². The average molecular weight is 454 g/mol. The van der Waals surface area contributed by atoms with Gasteiger partial charge in [-0.3, -0.25) is 4.68 Å². The van der Waals surface area contributed by atoms with Gasteiger partial charge in [-0.2, -0.15) is 5.10 Å². The van der Waals surface area contributed by atoms with Gasteiger partial charge >= 0.3 is 12.5 Å². The lowest BCUT2D eigenvalue weighted by Crippen LogP contribution is -2.78. The van der Waals surface area contributed by atoms with Crippen molar-refractivity contribution in [1.29, 1.82) is 0 Å². The number of benzene rings is 1. The van der Waals surface area contributed by atoms with Crippen molar-refractivity contribution < 1.29 is 27.4 Å². The third-order valence-electron chi connectivity index (χ3n) is 5.94. The molecule has 0 spiro atoms. The molecule has 0 radical (unpaired) electrons. The molecule has 3 aliphatic rings. The molecule has 1 aromatic carbocycles. The fourth-order valence-electron chi connectivity index (χ4n) is 4.39. The van der Waals surface area contributed by atoms with Crippen LogP contribution >= 0.6 is 0 Å². The van der Waals surface area contributed by atoms with Gasteiger partial charge in [0.25, 0.3) is 0 Å². The van der Waals surface area contributed by atoms with E-state index in [4.69, 9.17) is 4.74 Å². The number of alkyl halides is 3. The summed E-state index contributed by atoms with van der Waals surface area (Å²) in [5, 5.41) is 7.47. The Labute approximate surface area is 179 Å². The van der Waals surface area contributed by atoms with Crippen LogP contribution in [0.15, 0.2) is 36.7 Å². The van der Waals surface area contributed by atoms with Gasteiger partial charge in [0.15, 0.2) is 0 Å². The number of aromatic nitrogens is 2. The molecule has 6 nitrogen and oxygen atoms in total. The van der Waals surface area contributed by atoms with E-state index >= 15 is 0 Å². The van der Waals surface area contributed by atoms with Crippen LogP contribution in [0.1, 0.15) is 19.3 Å². The van der Waals surface area contributed by atoms with E-state index in [0.717, 1.165) is 36.4 Å². The minimum Gasteiger partial charge on any atom is -0.450 e. The van der Waals surface area contributed by atoms with E-state index in [0.29, 0.717) is 6.61 Å². The number of alkyl carbamates (subject to hydrolysis) is 1. The van der Waals surface area contributed by atoms with Gasteiger partial charge in [0.2, 0.25) is 0 Å². The second kappa shape index (κ2) is 7.28. The maximum absolute atomic E-state index is 12.3. The smallest absolute Gasteiger partial charge is 0.450 e. The molecule has 168 valence electrons. The number of rotatable bonds is 7. The molecule has 2 bridgehead atoms. The summed E-state index contributed by atoms with van der Waals surface area (Å²) in [6.45, 7) is 7.17. The van der Waals surface area contributed by atoms with Crippen LogP contribution in [0.25, 0.3) is 11.1 Å². The number of amides is 1. The molecular formula is C21H26F3N3O3Si. The first-order valence-electron chi connectivity index (χ1n) is 10.2. The van der Waals surface area contributed by atoms with E-state index in [-0.39, 0.29) is 22.9 Å². The molecule has 31 heavy (non-hydrogen) atoms. The van der Waals surface area contributed by atoms with Gasteiger partial charge < -0.3 is 14.8 Å². The number of nitrogens with one attached hydrogen (secondary N) is 1. The van der Waals surface area contributed by atoms with Crippen molar-refractivity contribution in [3.05, 3.63) is 36.7 Å². The SMILES string of the molecule is C[Si](C)(C)CCOC(=O)NC12CC(n3cc(-c4ccc(OC(F)(F)F)cc4)cn3)(C1)C2. The molecule has 1 aromatic heterocycles. The highest BCUT2D eigenvalue weighted by molar-refractivity contribution is 6.76. The summed E-state index contributed by atoms with van der Waals surface area (Å²) in [5.74, 6) is -0.257. The average Bonchev–Trinajstić information content (AvgIpc) is 3.04. The third-order valence-corrected chi connectivity index (χ3v) is 7.65. The zero-order valence-corrected chi connectivity index (χ0v) is 18.8. The summed E-state index contributed by atoms with van der Waals surface area (Å²) in [7, 11) is -1.24. The first-order valence-corrected chi connectivity index (χ1v) is 13.9. The normalized spacial score (nSPS) is 24.7. The fraction of sp³-hybridized carbons (Fsp3) is 0.524. The van der Waals surface area contributed by atoms with Gasteiger partial charge in [-0.05, 0) is 43.0 Å². The van der Waals surface area contributed by atoms with Gasteiger partial charge in [-0.15, -0.1) is 13.2 Å². The van der Waals surface area contributed by atoms with Crippen LogP contribution in [0.2, 0.25) is 25.7 Å². The lowest BCUT2D eigenvalue weighted by Gasteiger charge is -2.69. The second-order valence-electron chi connectivity index (χ2n) is 9.85. The topological polar surface area (TPSA) is 65.4 Å². The molecule has 1 amide bonds. The van der Waals surface area contributed by atoms with Gasteiger partial charge in [0.1, 0.15) is 5.75 Å². The molecule has 0 aliphatic heterocycles. The number of hydrogen-bond acceptors (Lipinski definition) is 4. The van der Waals surface area contributed by atoms with E-state index in [1.54, 1.807) is 18.3 Å². The molecule has 1 N–H and O–H groups in total. The van der Waals surface area contributed by atoms with E-state index in [9.17, 15) is 18.0 Å². The summed E-state index contributed by atoms with van der Waals surface area (Å²) in [6.07, 6.45) is 0.920. The first-order chi connectivity index (χ1) is 14.4. The Balaban J connectivity index is 1.30. The number of carbonyl (C=O) groups is 1. The highest BCUT2D eigenvalue weighted by Gasteiger charge is 2.70. The van der Waals surface area contributed by atoms with Crippen LogP contribution in [-0.2, 0) is 10.3 Å². The Morgan fingerprint density at radius 2 is 1.81 bits per heavy atom. The molecular weight excluding hydrogens is 427 g/mol. The molecule has 1 heterocycles. The predicted octanol–water partition coefficient (Wildman–Crippen LogP) is 5.14. The monoisotopic (exact) mass is 453 g/mol. The zero-order valence-electron chi connectivity index (χ0n) is 17.8. The van der Waals surface area contributed by atoms with Crippen molar-refractivity contribution in [1.82, 2.24) is 15.1 Å². The number of nitrogens with zero attached hydrogens (tertiary/aromatic N) is 2. The van der Waals surface area contributed by atoms with Gasteiger partial charge in [0, 0.05) is 19.8 Å². The Hall–Kier alpha value is -2.49. The van der Waals surface area contributed by atoms with Gasteiger partial charge in [-0.1, -0.05) is 31.8 Å². The Bertz CT molecular complexity index is 947. The molecule has 10 heteroatoms. The van der Waals surface area contributed by atoms with Crippen molar-refractivity contribution >= 4 is 14.2 Å². The van der Waals surface area contributed by atoms with Crippen LogP contribution in [0.3, 0.4) is 0 Å². The Kier molecular flexibility index (Phi) is 5.11. The third kappa shape index (κ3) is 4.73. The zero-order chi connectivity index (χ0) is 22.5. The molecule has 0 unspecified atom stereocenters. The van der Waals surface area contributed by atoms with Crippen molar-refractivity contribution in [3.8, 4) is 16.9 Å². The largest absolute Gasteiger partial charge is 0.573 e. The highest BCUT2D eigenvalue weighted by atomic mass is 28.3. The molecule has 2 aromatic rings. The van der Waals surface area contributed by atoms with E-state index < -0.39 is 14.4 Å².